The monoisotopic (exact) mass is 198 g/mol. The summed E-state index contributed by atoms with van der Waals surface area (Å²) in [5.74, 6) is 0.489. The van der Waals surface area contributed by atoms with Gasteiger partial charge in [-0.15, -0.1) is 0 Å². The van der Waals surface area contributed by atoms with Crippen LogP contribution in [-0.2, 0) is 4.79 Å². The molecule has 0 unspecified atom stereocenters. The molecule has 0 fully saturated rings. The summed E-state index contributed by atoms with van der Waals surface area (Å²) >= 11 is 0. The molecule has 3 nitrogen and oxygen atoms in total. The van der Waals surface area contributed by atoms with Gasteiger partial charge in [-0.3, -0.25) is 4.79 Å². The summed E-state index contributed by atoms with van der Waals surface area (Å²) in [4.78, 5) is 11.4. The number of nitrogens with one attached hydrogen (secondary N) is 2. The van der Waals surface area contributed by atoms with Crippen molar-refractivity contribution < 1.29 is 4.79 Å². The fourth-order valence-corrected chi connectivity index (χ4v) is 1.65. The summed E-state index contributed by atoms with van der Waals surface area (Å²) in [6.45, 7) is 8.15. The Morgan fingerprint density at radius 2 is 1.64 bits per heavy atom. The van der Waals surface area contributed by atoms with Crippen LogP contribution in [0.15, 0.2) is 11.1 Å². The first kappa shape index (κ1) is 13.2. The molecule has 0 rings (SSSR count). The zero-order valence-corrected chi connectivity index (χ0v) is 10.1. The van der Waals surface area contributed by atoms with Crippen LogP contribution in [0.3, 0.4) is 0 Å². The maximum absolute atomic E-state index is 11.4. The lowest BCUT2D eigenvalue weighted by atomic mass is 9.93. The molecule has 2 N–H and O–H groups in total. The second-order valence-electron chi connectivity index (χ2n) is 3.90. The van der Waals surface area contributed by atoms with E-state index in [0.717, 1.165) is 11.1 Å². The minimum absolute atomic E-state index is 0.00315. The van der Waals surface area contributed by atoms with Gasteiger partial charge < -0.3 is 10.6 Å². The lowest BCUT2D eigenvalue weighted by Gasteiger charge is -2.22. The summed E-state index contributed by atoms with van der Waals surface area (Å²) in [5.41, 5.74) is 1.92. The van der Waals surface area contributed by atoms with E-state index in [9.17, 15) is 4.79 Å². The molecule has 0 saturated carbocycles. The van der Waals surface area contributed by atoms with E-state index in [1.54, 1.807) is 7.05 Å². The molecule has 0 aliphatic heterocycles. The molecule has 1 amide bonds. The van der Waals surface area contributed by atoms with Crippen LogP contribution in [0, 0.1) is 5.92 Å². The molecule has 0 radical (unpaired) electrons. The fourth-order valence-electron chi connectivity index (χ4n) is 1.65. The maximum atomic E-state index is 11.4. The van der Waals surface area contributed by atoms with Gasteiger partial charge >= 0.3 is 0 Å². The Bertz CT molecular complexity index is 231. The first-order valence-electron chi connectivity index (χ1n) is 5.02. The van der Waals surface area contributed by atoms with Gasteiger partial charge in [-0.1, -0.05) is 13.8 Å². The van der Waals surface area contributed by atoms with E-state index in [1.165, 1.54) is 0 Å². The second kappa shape index (κ2) is 5.81. The van der Waals surface area contributed by atoms with Crippen molar-refractivity contribution in [2.24, 2.45) is 5.92 Å². The zero-order valence-electron chi connectivity index (χ0n) is 10.1. The van der Waals surface area contributed by atoms with Gasteiger partial charge in [-0.05, 0) is 32.4 Å². The van der Waals surface area contributed by atoms with Gasteiger partial charge in [0, 0.05) is 18.7 Å². The number of carbonyl (C=O) groups excluding carboxylic acids is 1. The Morgan fingerprint density at radius 1 is 1.14 bits per heavy atom. The molecule has 0 aromatic carbocycles. The van der Waals surface area contributed by atoms with Crippen molar-refractivity contribution >= 4 is 5.91 Å². The molecule has 0 saturated heterocycles. The molecule has 3 heteroatoms. The van der Waals surface area contributed by atoms with Crippen molar-refractivity contribution in [1.29, 1.82) is 0 Å². The fraction of sp³-hybridized carbons (Fsp3) is 0.727. The first-order valence-corrected chi connectivity index (χ1v) is 5.02. The highest BCUT2D eigenvalue weighted by Gasteiger charge is 2.17. The molecule has 0 aliphatic rings. The highest BCUT2D eigenvalue weighted by atomic mass is 16.1. The van der Waals surface area contributed by atoms with Crippen molar-refractivity contribution in [2.45, 2.75) is 33.7 Å². The summed E-state index contributed by atoms with van der Waals surface area (Å²) in [7, 11) is 3.58. The lowest BCUT2D eigenvalue weighted by Crippen LogP contribution is -2.34. The van der Waals surface area contributed by atoms with Crippen LogP contribution in [0.1, 0.15) is 27.7 Å². The first-order chi connectivity index (χ1) is 6.45. The summed E-state index contributed by atoms with van der Waals surface area (Å²) in [6, 6.07) is 0.271. The number of hydrogen-bond donors (Lipinski definition) is 2. The van der Waals surface area contributed by atoms with Crippen LogP contribution in [0.2, 0.25) is 0 Å². The minimum Gasteiger partial charge on any atom is -0.355 e. The highest BCUT2D eigenvalue weighted by molar-refractivity contribution is 5.93. The van der Waals surface area contributed by atoms with Gasteiger partial charge in [0.25, 0.3) is 0 Å². The van der Waals surface area contributed by atoms with Crippen LogP contribution in [0.25, 0.3) is 0 Å². The van der Waals surface area contributed by atoms with Crippen LogP contribution in [0.5, 0.6) is 0 Å². The van der Waals surface area contributed by atoms with Crippen molar-refractivity contribution in [1.82, 2.24) is 10.6 Å². The van der Waals surface area contributed by atoms with Crippen molar-refractivity contribution in [3.63, 3.8) is 0 Å². The van der Waals surface area contributed by atoms with Gasteiger partial charge in [-0.25, -0.2) is 0 Å². The SMILES string of the molecule is CNC(=O)/C(C)=C(\C)[C@H](NC)C(C)C. The Kier molecular flexibility index (Phi) is 5.46. The van der Waals surface area contributed by atoms with E-state index in [0.29, 0.717) is 5.92 Å². The third-order valence-electron chi connectivity index (χ3n) is 2.60. The number of hydrogen-bond acceptors (Lipinski definition) is 2. The largest absolute Gasteiger partial charge is 0.355 e. The Balaban J connectivity index is 4.86. The normalized spacial score (nSPS) is 15.1. The molecule has 0 aliphatic carbocycles. The van der Waals surface area contributed by atoms with Crippen molar-refractivity contribution in [2.75, 3.05) is 14.1 Å². The average molecular weight is 198 g/mol. The molecule has 0 heterocycles. The van der Waals surface area contributed by atoms with Gasteiger partial charge in [-0.2, -0.15) is 0 Å². The number of rotatable bonds is 4. The molecular formula is C11H22N2O. The van der Waals surface area contributed by atoms with Gasteiger partial charge in [0.05, 0.1) is 0 Å². The van der Waals surface area contributed by atoms with Crippen molar-refractivity contribution in [3.05, 3.63) is 11.1 Å². The van der Waals surface area contributed by atoms with Gasteiger partial charge in [0.15, 0.2) is 0 Å². The molecule has 1 atom stereocenters. The van der Waals surface area contributed by atoms with Crippen LogP contribution in [-0.4, -0.2) is 26.0 Å². The predicted octanol–water partition coefficient (Wildman–Crippen LogP) is 1.31. The molecule has 14 heavy (non-hydrogen) atoms. The number of likely N-dealkylation sites (N-methyl/N-ethyl adjacent to an activating group) is 2. The van der Waals surface area contributed by atoms with E-state index in [2.05, 4.69) is 24.5 Å². The van der Waals surface area contributed by atoms with Crippen LogP contribution < -0.4 is 10.6 Å². The smallest absolute Gasteiger partial charge is 0.246 e. The van der Waals surface area contributed by atoms with E-state index in [1.807, 2.05) is 20.9 Å². The molecule has 0 aromatic heterocycles. The Labute approximate surface area is 87.0 Å². The lowest BCUT2D eigenvalue weighted by molar-refractivity contribution is -0.117. The standard InChI is InChI=1S/C11H22N2O/c1-7(2)10(12-5)8(3)9(4)11(14)13-6/h7,10,12H,1-6H3,(H,13,14)/b9-8+/t10-/m1/s1. The predicted molar refractivity (Wildman–Crippen MR) is 60.1 cm³/mol. The van der Waals surface area contributed by atoms with E-state index in [-0.39, 0.29) is 11.9 Å². The Morgan fingerprint density at radius 3 is 1.93 bits per heavy atom. The number of carbonyl (C=O) groups is 1. The van der Waals surface area contributed by atoms with Crippen molar-refractivity contribution in [3.8, 4) is 0 Å². The summed E-state index contributed by atoms with van der Waals surface area (Å²) in [6.07, 6.45) is 0. The highest BCUT2D eigenvalue weighted by Crippen LogP contribution is 2.15. The summed E-state index contributed by atoms with van der Waals surface area (Å²) in [5, 5.41) is 5.86. The average Bonchev–Trinajstić information content (AvgIpc) is 2.15. The molecule has 0 bridgehead atoms. The van der Waals surface area contributed by atoms with Crippen LogP contribution >= 0.6 is 0 Å². The Hall–Kier alpha value is -0.830. The molecule has 82 valence electrons. The quantitative estimate of drug-likeness (QED) is 0.669. The van der Waals surface area contributed by atoms with Gasteiger partial charge in [0.1, 0.15) is 0 Å². The number of amides is 1. The van der Waals surface area contributed by atoms with E-state index in [4.69, 9.17) is 0 Å². The van der Waals surface area contributed by atoms with Gasteiger partial charge in [0.2, 0.25) is 5.91 Å². The third kappa shape index (κ3) is 3.14. The van der Waals surface area contributed by atoms with Crippen LogP contribution in [0.4, 0.5) is 0 Å². The maximum Gasteiger partial charge on any atom is 0.246 e. The topological polar surface area (TPSA) is 41.1 Å². The minimum atomic E-state index is 0.00315. The molecular weight excluding hydrogens is 176 g/mol. The van der Waals surface area contributed by atoms with E-state index < -0.39 is 0 Å². The summed E-state index contributed by atoms with van der Waals surface area (Å²) < 4.78 is 0. The molecule has 0 spiro atoms. The zero-order chi connectivity index (χ0) is 11.3. The van der Waals surface area contributed by atoms with E-state index >= 15 is 0 Å². The second-order valence-corrected chi connectivity index (χ2v) is 3.90. The molecule has 0 aromatic rings. The third-order valence-corrected chi connectivity index (χ3v) is 2.60.